The Morgan fingerprint density at radius 2 is 2.00 bits per heavy atom. The number of aliphatic hydroxyl groups excluding tert-OH is 1. The summed E-state index contributed by atoms with van der Waals surface area (Å²) in [4.78, 5) is 14.4. The van der Waals surface area contributed by atoms with Gasteiger partial charge in [0.1, 0.15) is 5.75 Å². The Morgan fingerprint density at radius 1 is 1.24 bits per heavy atom. The number of para-hydroxylation sites is 1. The number of hydrogen-bond acceptors (Lipinski definition) is 3. The third kappa shape index (κ3) is 2.38. The van der Waals surface area contributed by atoms with E-state index in [2.05, 4.69) is 0 Å². The Balaban J connectivity index is 1.99. The second-order valence-corrected chi connectivity index (χ2v) is 5.32. The highest BCUT2D eigenvalue weighted by atomic mass is 16.3. The molecular weight excluding hydrogens is 266 g/mol. The lowest BCUT2D eigenvalue weighted by molar-refractivity contribution is 0.0970. The molecule has 108 valence electrons. The summed E-state index contributed by atoms with van der Waals surface area (Å²) in [5.74, 6) is 0.0680. The third-order valence-electron chi connectivity index (χ3n) is 3.90. The lowest BCUT2D eigenvalue weighted by atomic mass is 9.98. The van der Waals surface area contributed by atoms with Crippen molar-refractivity contribution in [2.75, 3.05) is 11.4 Å². The Labute approximate surface area is 123 Å². The monoisotopic (exact) mass is 283 g/mol. The molecule has 0 bridgehead atoms. The van der Waals surface area contributed by atoms with E-state index in [1.807, 2.05) is 24.3 Å². The summed E-state index contributed by atoms with van der Waals surface area (Å²) < 4.78 is 0. The van der Waals surface area contributed by atoms with Gasteiger partial charge in [-0.05, 0) is 43.2 Å². The minimum atomic E-state index is -0.521. The summed E-state index contributed by atoms with van der Waals surface area (Å²) in [6.07, 6.45) is 0.00612. The van der Waals surface area contributed by atoms with Crippen molar-refractivity contribution in [1.29, 1.82) is 0 Å². The van der Waals surface area contributed by atoms with Crippen LogP contribution >= 0.6 is 0 Å². The smallest absolute Gasteiger partial charge is 0.258 e. The molecule has 1 unspecified atom stereocenters. The molecule has 2 aromatic carbocycles. The minimum absolute atomic E-state index is 0.113. The van der Waals surface area contributed by atoms with Gasteiger partial charge < -0.3 is 15.1 Å². The first-order chi connectivity index (χ1) is 10.1. The number of carbonyl (C=O) groups is 1. The SMILES string of the molecule is Cc1cc(C(=O)N2CCC(O)c3ccccc32)ccc1O. The number of hydrogen-bond donors (Lipinski definition) is 2. The van der Waals surface area contributed by atoms with E-state index in [4.69, 9.17) is 0 Å². The highest BCUT2D eigenvalue weighted by molar-refractivity contribution is 6.07. The highest BCUT2D eigenvalue weighted by Gasteiger charge is 2.27. The lowest BCUT2D eigenvalue weighted by Gasteiger charge is -2.32. The van der Waals surface area contributed by atoms with Gasteiger partial charge in [-0.25, -0.2) is 0 Å². The summed E-state index contributed by atoms with van der Waals surface area (Å²) in [5.41, 5.74) is 2.75. The normalized spacial score (nSPS) is 17.4. The van der Waals surface area contributed by atoms with Gasteiger partial charge in [0, 0.05) is 23.4 Å². The molecule has 1 aliphatic rings. The van der Waals surface area contributed by atoms with E-state index in [1.54, 1.807) is 24.0 Å². The number of phenolic OH excluding ortho intramolecular Hbond substituents is 1. The number of benzene rings is 2. The molecule has 0 spiro atoms. The molecule has 1 atom stereocenters. The number of aryl methyl sites for hydroxylation is 1. The van der Waals surface area contributed by atoms with E-state index in [-0.39, 0.29) is 11.7 Å². The maximum Gasteiger partial charge on any atom is 0.258 e. The molecule has 0 aromatic heterocycles. The van der Waals surface area contributed by atoms with Gasteiger partial charge >= 0.3 is 0 Å². The van der Waals surface area contributed by atoms with Gasteiger partial charge in [-0.1, -0.05) is 18.2 Å². The van der Waals surface area contributed by atoms with Gasteiger partial charge in [-0.2, -0.15) is 0 Å². The van der Waals surface area contributed by atoms with Crippen molar-refractivity contribution in [3.63, 3.8) is 0 Å². The van der Waals surface area contributed by atoms with Crippen LogP contribution in [0.4, 0.5) is 5.69 Å². The predicted octanol–water partition coefficient (Wildman–Crippen LogP) is 2.78. The van der Waals surface area contributed by atoms with Crippen molar-refractivity contribution in [3.8, 4) is 5.75 Å². The van der Waals surface area contributed by atoms with Crippen LogP contribution in [0.1, 0.15) is 34.0 Å². The summed E-state index contributed by atoms with van der Waals surface area (Å²) in [6.45, 7) is 2.25. The number of aliphatic hydroxyl groups is 1. The van der Waals surface area contributed by atoms with Crippen molar-refractivity contribution in [1.82, 2.24) is 0 Å². The molecular formula is C17H17NO3. The largest absolute Gasteiger partial charge is 0.508 e. The minimum Gasteiger partial charge on any atom is -0.508 e. The topological polar surface area (TPSA) is 60.8 Å². The molecule has 0 fully saturated rings. The molecule has 4 nitrogen and oxygen atoms in total. The number of rotatable bonds is 1. The molecule has 2 N–H and O–H groups in total. The maximum absolute atomic E-state index is 12.7. The second-order valence-electron chi connectivity index (χ2n) is 5.32. The molecule has 0 saturated carbocycles. The van der Waals surface area contributed by atoms with Gasteiger partial charge in [-0.15, -0.1) is 0 Å². The first-order valence-corrected chi connectivity index (χ1v) is 6.96. The van der Waals surface area contributed by atoms with Gasteiger partial charge in [-0.3, -0.25) is 4.79 Å². The molecule has 2 aromatic rings. The molecule has 1 heterocycles. The first kappa shape index (κ1) is 13.6. The third-order valence-corrected chi connectivity index (χ3v) is 3.90. The highest BCUT2D eigenvalue weighted by Crippen LogP contribution is 2.34. The predicted molar refractivity (Wildman–Crippen MR) is 80.5 cm³/mol. The number of anilines is 1. The van der Waals surface area contributed by atoms with Crippen LogP contribution in [0.15, 0.2) is 42.5 Å². The zero-order valence-corrected chi connectivity index (χ0v) is 11.8. The molecule has 1 amide bonds. The fourth-order valence-electron chi connectivity index (χ4n) is 2.70. The zero-order chi connectivity index (χ0) is 15.0. The molecule has 1 aliphatic heterocycles. The first-order valence-electron chi connectivity index (χ1n) is 6.96. The van der Waals surface area contributed by atoms with Crippen molar-refractivity contribution < 1.29 is 15.0 Å². The van der Waals surface area contributed by atoms with Crippen LogP contribution in [0.5, 0.6) is 5.75 Å². The number of aromatic hydroxyl groups is 1. The van der Waals surface area contributed by atoms with Gasteiger partial charge in [0.05, 0.1) is 6.10 Å². The molecule has 3 rings (SSSR count). The van der Waals surface area contributed by atoms with E-state index < -0.39 is 6.10 Å². The molecule has 0 radical (unpaired) electrons. The maximum atomic E-state index is 12.7. The Hall–Kier alpha value is -2.33. The van der Waals surface area contributed by atoms with Crippen LogP contribution < -0.4 is 4.90 Å². The van der Waals surface area contributed by atoms with E-state index in [9.17, 15) is 15.0 Å². The lowest BCUT2D eigenvalue weighted by Crippen LogP contribution is -2.36. The van der Waals surface area contributed by atoms with Crippen molar-refractivity contribution in [3.05, 3.63) is 59.2 Å². The van der Waals surface area contributed by atoms with Crippen molar-refractivity contribution in [2.24, 2.45) is 0 Å². The number of nitrogens with zero attached hydrogens (tertiary/aromatic N) is 1. The van der Waals surface area contributed by atoms with E-state index >= 15 is 0 Å². The second kappa shape index (κ2) is 5.22. The Kier molecular flexibility index (Phi) is 3.39. The summed E-state index contributed by atoms with van der Waals surface area (Å²) in [6, 6.07) is 12.3. The van der Waals surface area contributed by atoms with Crippen LogP contribution in [-0.4, -0.2) is 22.7 Å². The van der Waals surface area contributed by atoms with E-state index in [0.717, 1.165) is 11.3 Å². The number of carbonyl (C=O) groups excluding carboxylic acids is 1. The van der Waals surface area contributed by atoms with Crippen LogP contribution in [0, 0.1) is 6.92 Å². The molecule has 0 saturated heterocycles. The van der Waals surface area contributed by atoms with E-state index in [1.165, 1.54) is 6.07 Å². The van der Waals surface area contributed by atoms with Gasteiger partial charge in [0.15, 0.2) is 0 Å². The summed E-state index contributed by atoms with van der Waals surface area (Å²) in [5, 5.41) is 19.6. The molecule has 0 aliphatic carbocycles. The van der Waals surface area contributed by atoms with Crippen molar-refractivity contribution >= 4 is 11.6 Å². The summed E-state index contributed by atoms with van der Waals surface area (Å²) >= 11 is 0. The average Bonchev–Trinajstić information content (AvgIpc) is 2.50. The quantitative estimate of drug-likeness (QED) is 0.846. The zero-order valence-electron chi connectivity index (χ0n) is 11.8. The average molecular weight is 283 g/mol. The summed E-state index contributed by atoms with van der Waals surface area (Å²) in [7, 11) is 0. The number of amides is 1. The van der Waals surface area contributed by atoms with Crippen LogP contribution in [0.2, 0.25) is 0 Å². The van der Waals surface area contributed by atoms with Gasteiger partial charge in [0.2, 0.25) is 0 Å². The fourth-order valence-corrected chi connectivity index (χ4v) is 2.70. The standard InChI is InChI=1S/C17H17NO3/c1-11-10-12(6-7-15(11)19)17(21)18-9-8-16(20)13-4-2-3-5-14(13)18/h2-7,10,16,19-20H,8-9H2,1H3. The fraction of sp³-hybridized carbons (Fsp3) is 0.235. The number of phenols is 1. The van der Waals surface area contributed by atoms with Gasteiger partial charge in [0.25, 0.3) is 5.91 Å². The Bertz CT molecular complexity index is 696. The molecule has 4 heteroatoms. The van der Waals surface area contributed by atoms with Crippen LogP contribution in [0.3, 0.4) is 0 Å². The van der Waals surface area contributed by atoms with Crippen LogP contribution in [-0.2, 0) is 0 Å². The Morgan fingerprint density at radius 3 is 2.76 bits per heavy atom. The van der Waals surface area contributed by atoms with Crippen LogP contribution in [0.25, 0.3) is 0 Å². The van der Waals surface area contributed by atoms with Crippen molar-refractivity contribution in [2.45, 2.75) is 19.4 Å². The molecule has 21 heavy (non-hydrogen) atoms. The van der Waals surface area contributed by atoms with E-state index in [0.29, 0.717) is 24.1 Å². The number of fused-ring (bicyclic) bond motifs is 1.